The van der Waals surface area contributed by atoms with Gasteiger partial charge in [0.25, 0.3) is 5.69 Å². The van der Waals surface area contributed by atoms with Crippen molar-refractivity contribution in [2.24, 2.45) is 0 Å². The van der Waals surface area contributed by atoms with Crippen molar-refractivity contribution in [3.05, 3.63) is 79.2 Å². The predicted octanol–water partition coefficient (Wildman–Crippen LogP) is 2.95. The van der Waals surface area contributed by atoms with Gasteiger partial charge in [0.2, 0.25) is 0 Å². The standard InChI is InChI=1S/C22H20N2O7/c25-7-6-23-19-5-4-16(24(28)29)11-18(19)22(27)30-12-15-10-21(26)31-20-9-14-3-1-2-13(14)8-17(15)20/h4-5,8-11,23,25H,1-3,6-7,12H2. The number of aliphatic hydroxyl groups excluding tert-OH is 1. The smallest absolute Gasteiger partial charge is 0.340 e. The molecule has 0 spiro atoms. The highest BCUT2D eigenvalue weighted by Crippen LogP contribution is 2.29. The quantitative estimate of drug-likeness (QED) is 0.256. The number of anilines is 1. The summed E-state index contributed by atoms with van der Waals surface area (Å²) in [6, 6.07) is 8.88. The van der Waals surface area contributed by atoms with Gasteiger partial charge in [-0.2, -0.15) is 0 Å². The Morgan fingerprint density at radius 1 is 1.19 bits per heavy atom. The Morgan fingerprint density at radius 2 is 1.97 bits per heavy atom. The number of nitrogens with zero attached hydrogens (tertiary/aromatic N) is 1. The van der Waals surface area contributed by atoms with Crippen LogP contribution in [-0.2, 0) is 24.2 Å². The van der Waals surface area contributed by atoms with Gasteiger partial charge in [0.05, 0.1) is 17.1 Å². The summed E-state index contributed by atoms with van der Waals surface area (Å²) in [5.74, 6) is -0.785. The number of esters is 1. The summed E-state index contributed by atoms with van der Waals surface area (Å²) >= 11 is 0. The fourth-order valence-electron chi connectivity index (χ4n) is 3.79. The Kier molecular flexibility index (Phi) is 5.68. The third-order valence-corrected chi connectivity index (χ3v) is 5.26. The van der Waals surface area contributed by atoms with Gasteiger partial charge in [-0.05, 0) is 48.6 Å². The van der Waals surface area contributed by atoms with E-state index in [-0.39, 0.29) is 31.0 Å². The van der Waals surface area contributed by atoms with E-state index in [1.165, 1.54) is 23.8 Å². The zero-order valence-electron chi connectivity index (χ0n) is 16.6. The van der Waals surface area contributed by atoms with Crippen LogP contribution in [0.25, 0.3) is 11.0 Å². The van der Waals surface area contributed by atoms with E-state index in [2.05, 4.69) is 5.32 Å². The van der Waals surface area contributed by atoms with Gasteiger partial charge < -0.3 is 19.6 Å². The molecule has 0 saturated carbocycles. The summed E-state index contributed by atoms with van der Waals surface area (Å²) in [5.41, 5.74) is 2.75. The Bertz CT molecular complexity index is 1230. The minimum Gasteiger partial charge on any atom is -0.457 e. The zero-order chi connectivity index (χ0) is 22.0. The summed E-state index contributed by atoms with van der Waals surface area (Å²) in [7, 11) is 0. The number of nitro groups is 1. The number of nitrogens with one attached hydrogen (secondary N) is 1. The van der Waals surface area contributed by atoms with Crippen molar-refractivity contribution in [1.29, 1.82) is 0 Å². The Morgan fingerprint density at radius 3 is 2.71 bits per heavy atom. The van der Waals surface area contributed by atoms with E-state index in [9.17, 15) is 19.7 Å². The number of benzene rings is 2. The van der Waals surface area contributed by atoms with E-state index in [0.29, 0.717) is 22.2 Å². The molecule has 0 aliphatic heterocycles. The maximum Gasteiger partial charge on any atom is 0.340 e. The number of carbonyl (C=O) groups is 1. The van der Waals surface area contributed by atoms with Crippen molar-refractivity contribution < 1.29 is 24.0 Å². The zero-order valence-corrected chi connectivity index (χ0v) is 16.6. The topological polar surface area (TPSA) is 132 Å². The number of nitro benzene ring substituents is 1. The lowest BCUT2D eigenvalue weighted by molar-refractivity contribution is -0.384. The molecule has 0 atom stereocenters. The first-order valence-corrected chi connectivity index (χ1v) is 9.85. The summed E-state index contributed by atoms with van der Waals surface area (Å²) < 4.78 is 10.7. The van der Waals surface area contributed by atoms with Gasteiger partial charge in [0, 0.05) is 41.4 Å². The number of aryl methyl sites for hydroxylation is 2. The number of aliphatic hydroxyl groups is 1. The van der Waals surface area contributed by atoms with Gasteiger partial charge in [0.15, 0.2) is 0 Å². The van der Waals surface area contributed by atoms with Gasteiger partial charge in [-0.15, -0.1) is 0 Å². The number of rotatable bonds is 7. The molecular formula is C22H20N2O7. The molecule has 31 heavy (non-hydrogen) atoms. The van der Waals surface area contributed by atoms with E-state index in [1.54, 1.807) is 0 Å². The van der Waals surface area contributed by atoms with E-state index in [1.807, 2.05) is 12.1 Å². The van der Waals surface area contributed by atoms with Crippen LogP contribution in [-0.4, -0.2) is 29.2 Å². The number of non-ortho nitro benzene ring substituents is 1. The molecule has 160 valence electrons. The summed E-state index contributed by atoms with van der Waals surface area (Å²) in [6.45, 7) is -0.211. The van der Waals surface area contributed by atoms with Crippen LogP contribution >= 0.6 is 0 Å². The number of fused-ring (bicyclic) bond motifs is 2. The third-order valence-electron chi connectivity index (χ3n) is 5.26. The fourth-order valence-corrected chi connectivity index (χ4v) is 3.79. The Labute approximate surface area is 176 Å². The average molecular weight is 424 g/mol. The van der Waals surface area contributed by atoms with Crippen LogP contribution in [0.15, 0.2) is 45.6 Å². The van der Waals surface area contributed by atoms with Crippen molar-refractivity contribution >= 4 is 28.3 Å². The Balaban J connectivity index is 1.63. The summed E-state index contributed by atoms with van der Waals surface area (Å²) in [5, 5.41) is 23.7. The maximum absolute atomic E-state index is 12.7. The second kappa shape index (κ2) is 8.57. The molecule has 1 aliphatic carbocycles. The fraction of sp³-hybridized carbons (Fsp3) is 0.273. The molecule has 3 aromatic rings. The Hall–Kier alpha value is -3.72. The van der Waals surface area contributed by atoms with Crippen molar-refractivity contribution in [2.45, 2.75) is 25.9 Å². The highest BCUT2D eigenvalue weighted by Gasteiger charge is 2.20. The average Bonchev–Trinajstić information content (AvgIpc) is 3.21. The molecule has 0 unspecified atom stereocenters. The van der Waals surface area contributed by atoms with Gasteiger partial charge in [0.1, 0.15) is 12.2 Å². The minimum absolute atomic E-state index is 0.0317. The molecule has 0 bridgehead atoms. The van der Waals surface area contributed by atoms with Crippen LogP contribution in [0.4, 0.5) is 11.4 Å². The SMILES string of the molecule is O=C(OCc1cc(=O)oc2cc3c(cc12)CCC3)c1cc([N+](=O)[O-])ccc1NCCO. The van der Waals surface area contributed by atoms with Crippen LogP contribution in [0.5, 0.6) is 0 Å². The van der Waals surface area contributed by atoms with E-state index in [4.69, 9.17) is 14.3 Å². The van der Waals surface area contributed by atoms with Crippen molar-refractivity contribution in [1.82, 2.24) is 0 Å². The first-order valence-electron chi connectivity index (χ1n) is 9.85. The summed E-state index contributed by atoms with van der Waals surface area (Å²) in [6.07, 6.45) is 2.92. The van der Waals surface area contributed by atoms with Crippen LogP contribution < -0.4 is 10.9 Å². The van der Waals surface area contributed by atoms with Crippen molar-refractivity contribution in [2.75, 3.05) is 18.5 Å². The van der Waals surface area contributed by atoms with Crippen LogP contribution in [0.2, 0.25) is 0 Å². The second-order valence-corrected chi connectivity index (χ2v) is 7.27. The van der Waals surface area contributed by atoms with Crippen molar-refractivity contribution in [3.8, 4) is 0 Å². The van der Waals surface area contributed by atoms with Crippen LogP contribution in [0.3, 0.4) is 0 Å². The molecule has 1 aliphatic rings. The summed E-state index contributed by atoms with van der Waals surface area (Å²) in [4.78, 5) is 35.2. The van der Waals surface area contributed by atoms with Gasteiger partial charge in [-0.1, -0.05) is 0 Å². The number of hydrogen-bond donors (Lipinski definition) is 2. The number of ether oxygens (including phenoxy) is 1. The molecule has 1 heterocycles. The molecule has 2 aromatic carbocycles. The van der Waals surface area contributed by atoms with E-state index < -0.39 is 16.5 Å². The highest BCUT2D eigenvalue weighted by molar-refractivity contribution is 5.96. The highest BCUT2D eigenvalue weighted by atomic mass is 16.6. The monoisotopic (exact) mass is 424 g/mol. The lowest BCUT2D eigenvalue weighted by atomic mass is 10.0. The molecule has 2 N–H and O–H groups in total. The van der Waals surface area contributed by atoms with Crippen molar-refractivity contribution in [3.63, 3.8) is 0 Å². The molecule has 0 saturated heterocycles. The van der Waals surface area contributed by atoms with Crippen LogP contribution in [0, 0.1) is 10.1 Å². The normalized spacial score (nSPS) is 12.5. The molecule has 1 aromatic heterocycles. The van der Waals surface area contributed by atoms with E-state index >= 15 is 0 Å². The molecular weight excluding hydrogens is 404 g/mol. The largest absolute Gasteiger partial charge is 0.457 e. The predicted molar refractivity (Wildman–Crippen MR) is 112 cm³/mol. The number of hydrogen-bond acceptors (Lipinski definition) is 8. The van der Waals surface area contributed by atoms with Gasteiger partial charge >= 0.3 is 11.6 Å². The number of carbonyl (C=O) groups excluding carboxylic acids is 1. The molecule has 0 fully saturated rings. The van der Waals surface area contributed by atoms with Gasteiger partial charge in [-0.25, -0.2) is 9.59 Å². The molecule has 0 radical (unpaired) electrons. The van der Waals surface area contributed by atoms with Crippen LogP contribution in [0.1, 0.15) is 33.5 Å². The minimum atomic E-state index is -0.785. The molecule has 4 rings (SSSR count). The van der Waals surface area contributed by atoms with E-state index in [0.717, 1.165) is 30.9 Å². The lowest BCUT2D eigenvalue weighted by Gasteiger charge is -2.12. The van der Waals surface area contributed by atoms with Gasteiger partial charge in [-0.3, -0.25) is 10.1 Å². The third kappa shape index (κ3) is 4.26. The lowest BCUT2D eigenvalue weighted by Crippen LogP contribution is -2.13. The molecule has 0 amide bonds. The maximum atomic E-state index is 12.7. The first-order chi connectivity index (χ1) is 15.0. The molecule has 9 nitrogen and oxygen atoms in total. The molecule has 9 heteroatoms. The first kappa shape index (κ1) is 20.5. The second-order valence-electron chi connectivity index (χ2n) is 7.27.